The quantitative estimate of drug-likeness (QED) is 0.525. The highest BCUT2D eigenvalue weighted by Crippen LogP contribution is 2.21. The highest BCUT2D eigenvalue weighted by Gasteiger charge is 2.09. The van der Waals surface area contributed by atoms with Crippen LogP contribution in [-0.2, 0) is 0 Å². The van der Waals surface area contributed by atoms with Crippen LogP contribution in [0.2, 0.25) is 0 Å². The molecule has 0 amide bonds. The summed E-state index contributed by atoms with van der Waals surface area (Å²) in [6.07, 6.45) is 1.10. The molecule has 0 atom stereocenters. The van der Waals surface area contributed by atoms with Gasteiger partial charge in [-0.25, -0.2) is 9.97 Å². The minimum absolute atomic E-state index is 0.357. The van der Waals surface area contributed by atoms with E-state index in [4.69, 9.17) is 0 Å². The lowest BCUT2D eigenvalue weighted by atomic mass is 10.2. The molecule has 1 N–H and O–H groups in total. The van der Waals surface area contributed by atoms with Crippen LogP contribution in [0.4, 0.5) is 5.82 Å². The fourth-order valence-corrected chi connectivity index (χ4v) is 2.85. The average molecular weight is 311 g/mol. The van der Waals surface area contributed by atoms with Crippen molar-refractivity contribution in [3.8, 4) is 0 Å². The molecule has 120 valence electrons. The molecule has 1 aromatic rings. The summed E-state index contributed by atoms with van der Waals surface area (Å²) in [7, 11) is 0. The summed E-state index contributed by atoms with van der Waals surface area (Å²) in [5.74, 6) is 3.32. The van der Waals surface area contributed by atoms with Gasteiger partial charge in [-0.15, -0.1) is 11.8 Å². The number of thioether (sulfide) groups is 1. The largest absolute Gasteiger partial charge is 0.370 e. The van der Waals surface area contributed by atoms with Crippen LogP contribution in [0, 0.1) is 0 Å². The van der Waals surface area contributed by atoms with Crippen LogP contribution in [0.1, 0.15) is 52.8 Å². The lowest BCUT2D eigenvalue weighted by molar-refractivity contribution is 0.324. The molecule has 5 heteroatoms. The van der Waals surface area contributed by atoms with Crippen LogP contribution >= 0.6 is 11.8 Å². The summed E-state index contributed by atoms with van der Waals surface area (Å²) in [4.78, 5) is 11.7. The summed E-state index contributed by atoms with van der Waals surface area (Å²) in [5, 5.41) is 4.46. The number of aromatic nitrogens is 2. The third-order valence-electron chi connectivity index (χ3n) is 3.34. The average Bonchev–Trinajstić information content (AvgIpc) is 2.49. The van der Waals surface area contributed by atoms with E-state index in [9.17, 15) is 0 Å². The first kappa shape index (κ1) is 18.2. The molecular weight excluding hydrogens is 280 g/mol. The van der Waals surface area contributed by atoms with E-state index < -0.39 is 0 Å². The van der Waals surface area contributed by atoms with Crippen molar-refractivity contribution in [2.75, 3.05) is 37.2 Å². The Bertz CT molecular complexity index is 405. The molecule has 0 aromatic carbocycles. The number of nitrogens with zero attached hydrogens (tertiary/aromatic N) is 3. The topological polar surface area (TPSA) is 41.0 Å². The number of hydrogen-bond acceptors (Lipinski definition) is 5. The van der Waals surface area contributed by atoms with Crippen molar-refractivity contribution in [3.63, 3.8) is 0 Å². The second-order valence-corrected chi connectivity index (χ2v) is 6.52. The van der Waals surface area contributed by atoms with E-state index >= 15 is 0 Å². The lowest BCUT2D eigenvalue weighted by Gasteiger charge is -2.17. The number of nitrogens with one attached hydrogen (secondary N) is 1. The molecule has 0 saturated heterocycles. The van der Waals surface area contributed by atoms with E-state index in [1.165, 1.54) is 0 Å². The molecule has 0 saturated carbocycles. The molecule has 0 unspecified atom stereocenters. The monoisotopic (exact) mass is 310 g/mol. The van der Waals surface area contributed by atoms with Crippen molar-refractivity contribution in [1.29, 1.82) is 0 Å². The molecule has 21 heavy (non-hydrogen) atoms. The van der Waals surface area contributed by atoms with Gasteiger partial charge in [0.1, 0.15) is 16.7 Å². The van der Waals surface area contributed by atoms with Crippen molar-refractivity contribution in [2.24, 2.45) is 0 Å². The molecule has 0 fully saturated rings. The summed E-state index contributed by atoms with van der Waals surface area (Å²) >= 11 is 1.83. The van der Waals surface area contributed by atoms with Gasteiger partial charge in [-0.1, -0.05) is 34.6 Å². The summed E-state index contributed by atoms with van der Waals surface area (Å²) in [6, 6.07) is 2.08. The standard InChI is InChI=1S/C16H30N4S/c1-6-9-17-14-12-15(19-16(18-14)13(4)5)21-11-10-20(7-2)8-3/h12-13H,6-11H2,1-5H3,(H,17,18,19). The maximum atomic E-state index is 4.68. The van der Waals surface area contributed by atoms with Crippen molar-refractivity contribution >= 4 is 17.6 Å². The molecule has 1 rings (SSSR count). The van der Waals surface area contributed by atoms with Gasteiger partial charge in [-0.2, -0.15) is 0 Å². The summed E-state index contributed by atoms with van der Waals surface area (Å²) in [5.41, 5.74) is 0. The first-order valence-corrected chi connectivity index (χ1v) is 9.07. The molecule has 0 bridgehead atoms. The van der Waals surface area contributed by atoms with E-state index in [2.05, 4.69) is 60.9 Å². The Labute approximate surface area is 134 Å². The van der Waals surface area contributed by atoms with Crippen LogP contribution in [0.3, 0.4) is 0 Å². The van der Waals surface area contributed by atoms with Crippen molar-refractivity contribution in [1.82, 2.24) is 14.9 Å². The second-order valence-electron chi connectivity index (χ2n) is 5.41. The SMILES string of the molecule is CCCNc1cc(SCCN(CC)CC)nc(C(C)C)n1. The van der Waals surface area contributed by atoms with Crippen LogP contribution < -0.4 is 5.32 Å². The predicted octanol–water partition coefficient (Wildman–Crippen LogP) is 3.86. The Hall–Kier alpha value is -0.810. The highest BCUT2D eigenvalue weighted by atomic mass is 32.2. The molecule has 1 heterocycles. The molecule has 0 aliphatic heterocycles. The smallest absolute Gasteiger partial charge is 0.134 e. The van der Waals surface area contributed by atoms with E-state index in [0.29, 0.717) is 5.92 Å². The molecule has 4 nitrogen and oxygen atoms in total. The fraction of sp³-hybridized carbons (Fsp3) is 0.750. The van der Waals surface area contributed by atoms with Crippen molar-refractivity contribution in [2.45, 2.75) is 52.0 Å². The third kappa shape index (κ3) is 6.66. The van der Waals surface area contributed by atoms with E-state index in [-0.39, 0.29) is 0 Å². The minimum atomic E-state index is 0.357. The highest BCUT2D eigenvalue weighted by molar-refractivity contribution is 7.99. The van der Waals surface area contributed by atoms with Gasteiger partial charge in [0.2, 0.25) is 0 Å². The van der Waals surface area contributed by atoms with E-state index in [1.54, 1.807) is 0 Å². The van der Waals surface area contributed by atoms with Crippen LogP contribution in [0.15, 0.2) is 11.1 Å². The second kappa shape index (κ2) is 10.0. The van der Waals surface area contributed by atoms with Gasteiger partial charge in [-0.05, 0) is 19.5 Å². The Morgan fingerprint density at radius 2 is 1.90 bits per heavy atom. The maximum Gasteiger partial charge on any atom is 0.134 e. The van der Waals surface area contributed by atoms with E-state index in [1.807, 2.05) is 11.8 Å². The Morgan fingerprint density at radius 3 is 2.48 bits per heavy atom. The Morgan fingerprint density at radius 1 is 1.19 bits per heavy atom. The van der Waals surface area contributed by atoms with Gasteiger partial charge in [0.05, 0.1) is 0 Å². The van der Waals surface area contributed by atoms with Crippen LogP contribution in [0.5, 0.6) is 0 Å². The number of hydrogen-bond donors (Lipinski definition) is 1. The normalized spacial score (nSPS) is 11.4. The molecule has 1 aromatic heterocycles. The number of rotatable bonds is 10. The van der Waals surface area contributed by atoms with Crippen molar-refractivity contribution in [3.05, 3.63) is 11.9 Å². The van der Waals surface area contributed by atoms with Gasteiger partial charge in [0.25, 0.3) is 0 Å². The zero-order chi connectivity index (χ0) is 15.7. The Balaban J connectivity index is 2.68. The van der Waals surface area contributed by atoms with E-state index in [0.717, 1.165) is 55.0 Å². The van der Waals surface area contributed by atoms with Gasteiger partial charge in [0, 0.05) is 30.8 Å². The van der Waals surface area contributed by atoms with Gasteiger partial charge in [0.15, 0.2) is 0 Å². The summed E-state index contributed by atoms with van der Waals surface area (Å²) < 4.78 is 0. The molecule has 0 aliphatic rings. The van der Waals surface area contributed by atoms with Gasteiger partial charge >= 0.3 is 0 Å². The number of anilines is 1. The fourth-order valence-electron chi connectivity index (χ4n) is 1.94. The molecule has 0 spiro atoms. The first-order valence-electron chi connectivity index (χ1n) is 8.08. The molecular formula is C16H30N4S. The lowest BCUT2D eigenvalue weighted by Crippen LogP contribution is -2.25. The van der Waals surface area contributed by atoms with Crippen molar-refractivity contribution < 1.29 is 0 Å². The summed E-state index contributed by atoms with van der Waals surface area (Å²) in [6.45, 7) is 15.2. The first-order chi connectivity index (χ1) is 10.1. The minimum Gasteiger partial charge on any atom is -0.370 e. The van der Waals surface area contributed by atoms with Crippen LogP contribution in [0.25, 0.3) is 0 Å². The predicted molar refractivity (Wildman–Crippen MR) is 93.4 cm³/mol. The molecule has 0 aliphatic carbocycles. The zero-order valence-electron chi connectivity index (χ0n) is 14.1. The Kier molecular flexibility index (Phi) is 8.69. The molecule has 0 radical (unpaired) electrons. The van der Waals surface area contributed by atoms with Gasteiger partial charge < -0.3 is 10.2 Å². The zero-order valence-corrected chi connectivity index (χ0v) is 15.0. The maximum absolute atomic E-state index is 4.68. The van der Waals surface area contributed by atoms with Crippen LogP contribution in [-0.4, -0.2) is 46.8 Å². The van der Waals surface area contributed by atoms with Gasteiger partial charge in [-0.3, -0.25) is 0 Å². The third-order valence-corrected chi connectivity index (χ3v) is 4.24.